The molecule has 1 N–H and O–H groups in total. The number of carbonyl (C=O) groups excluding carboxylic acids is 1. The minimum Gasteiger partial charge on any atom is -0.334 e. The van der Waals surface area contributed by atoms with E-state index in [1.807, 2.05) is 0 Å². The van der Waals surface area contributed by atoms with Gasteiger partial charge in [0.15, 0.2) is 0 Å². The first kappa shape index (κ1) is 15.5. The Balaban J connectivity index is 2.06. The lowest BCUT2D eigenvalue weighted by molar-refractivity contribution is -0.274. The zero-order valence-electron chi connectivity index (χ0n) is 10.8. The molecule has 1 aliphatic heterocycles. The average molecular weight is 300 g/mol. The fraction of sp³-hybridized carbons (Fsp3) is 0.917. The standard InChI is InChI=1S/C12H17F5N2O/c13-11(14,12(15,16)17)10(20)19(9-3-4-9)7-8-2-1-5-18-6-8/h8-9,18H,1-7H2. The van der Waals surface area contributed by atoms with E-state index in [1.165, 1.54) is 0 Å². The van der Waals surface area contributed by atoms with Crippen LogP contribution in [0.2, 0.25) is 0 Å². The van der Waals surface area contributed by atoms with Crippen LogP contribution in [0.25, 0.3) is 0 Å². The summed E-state index contributed by atoms with van der Waals surface area (Å²) in [5, 5.41) is 3.06. The Morgan fingerprint density at radius 3 is 2.25 bits per heavy atom. The van der Waals surface area contributed by atoms with Gasteiger partial charge >= 0.3 is 18.0 Å². The molecule has 1 atom stereocenters. The molecule has 2 rings (SSSR count). The lowest BCUT2D eigenvalue weighted by atomic mass is 9.98. The molecule has 0 aromatic heterocycles. The molecule has 2 aliphatic rings. The summed E-state index contributed by atoms with van der Waals surface area (Å²) in [6, 6.07) is -0.461. The molecular formula is C12H17F5N2O. The summed E-state index contributed by atoms with van der Waals surface area (Å²) in [4.78, 5) is 12.3. The minimum absolute atomic E-state index is 0.0256. The van der Waals surface area contributed by atoms with E-state index < -0.39 is 24.0 Å². The Hall–Kier alpha value is -0.920. The van der Waals surface area contributed by atoms with Crippen LogP contribution >= 0.6 is 0 Å². The lowest BCUT2D eigenvalue weighted by Crippen LogP contribution is -2.54. The summed E-state index contributed by atoms with van der Waals surface area (Å²) in [6.45, 7) is 1.34. The van der Waals surface area contributed by atoms with Crippen LogP contribution in [0, 0.1) is 5.92 Å². The van der Waals surface area contributed by atoms with Crippen LogP contribution < -0.4 is 5.32 Å². The maximum Gasteiger partial charge on any atom is 0.463 e. The minimum atomic E-state index is -5.83. The van der Waals surface area contributed by atoms with E-state index in [9.17, 15) is 26.7 Å². The maximum absolute atomic E-state index is 13.2. The number of rotatable bonds is 4. The number of amides is 1. The molecule has 8 heteroatoms. The predicted octanol–water partition coefficient (Wildman–Crippen LogP) is 2.17. The topological polar surface area (TPSA) is 32.3 Å². The first-order valence-electron chi connectivity index (χ1n) is 6.70. The van der Waals surface area contributed by atoms with E-state index in [1.54, 1.807) is 0 Å². The molecule has 1 saturated carbocycles. The van der Waals surface area contributed by atoms with Gasteiger partial charge in [-0.25, -0.2) is 0 Å². The first-order valence-corrected chi connectivity index (χ1v) is 6.70. The predicted molar refractivity (Wildman–Crippen MR) is 61.3 cm³/mol. The van der Waals surface area contributed by atoms with Crippen molar-refractivity contribution in [3.8, 4) is 0 Å². The molecule has 2 fully saturated rings. The lowest BCUT2D eigenvalue weighted by Gasteiger charge is -2.32. The SMILES string of the molecule is O=C(N(CC1CCCNC1)C1CC1)C(F)(F)C(F)(F)F. The molecule has 1 saturated heterocycles. The Labute approximate surface area is 113 Å². The molecule has 1 amide bonds. The Kier molecular flexibility index (Phi) is 4.22. The van der Waals surface area contributed by atoms with Crippen molar-refractivity contribution < 1.29 is 26.7 Å². The van der Waals surface area contributed by atoms with Gasteiger partial charge in [0.2, 0.25) is 0 Å². The van der Waals surface area contributed by atoms with Crippen molar-refractivity contribution in [2.24, 2.45) is 5.92 Å². The van der Waals surface area contributed by atoms with Gasteiger partial charge in [-0.15, -0.1) is 0 Å². The number of halogens is 5. The fourth-order valence-corrected chi connectivity index (χ4v) is 2.44. The Morgan fingerprint density at radius 1 is 1.15 bits per heavy atom. The third-order valence-corrected chi connectivity index (χ3v) is 3.73. The Morgan fingerprint density at radius 2 is 1.80 bits per heavy atom. The quantitative estimate of drug-likeness (QED) is 0.807. The van der Waals surface area contributed by atoms with Gasteiger partial charge in [0.25, 0.3) is 0 Å². The zero-order chi connectivity index (χ0) is 15.0. The molecule has 1 heterocycles. The van der Waals surface area contributed by atoms with Crippen molar-refractivity contribution in [3.63, 3.8) is 0 Å². The number of carbonyl (C=O) groups is 1. The highest BCUT2D eigenvalue weighted by Gasteiger charge is 2.65. The average Bonchev–Trinajstić information content (AvgIpc) is 3.19. The van der Waals surface area contributed by atoms with Crippen molar-refractivity contribution in [2.45, 2.75) is 43.8 Å². The summed E-state index contributed by atoms with van der Waals surface area (Å²) in [7, 11) is 0. The molecule has 3 nitrogen and oxygen atoms in total. The van der Waals surface area contributed by atoms with Gasteiger partial charge in [0, 0.05) is 12.6 Å². The van der Waals surface area contributed by atoms with Crippen LogP contribution in [-0.2, 0) is 4.79 Å². The first-order chi connectivity index (χ1) is 9.23. The van der Waals surface area contributed by atoms with Crippen LogP contribution in [0.1, 0.15) is 25.7 Å². The molecule has 1 unspecified atom stereocenters. The normalized spacial score (nSPS) is 24.6. The van der Waals surface area contributed by atoms with Crippen molar-refractivity contribution in [1.82, 2.24) is 10.2 Å². The third kappa shape index (κ3) is 3.21. The van der Waals surface area contributed by atoms with Crippen molar-refractivity contribution in [3.05, 3.63) is 0 Å². The van der Waals surface area contributed by atoms with Crippen LogP contribution in [0.4, 0.5) is 22.0 Å². The molecule has 0 radical (unpaired) electrons. The molecule has 0 aromatic rings. The van der Waals surface area contributed by atoms with Crippen molar-refractivity contribution in [2.75, 3.05) is 19.6 Å². The zero-order valence-corrected chi connectivity index (χ0v) is 10.8. The molecule has 116 valence electrons. The van der Waals surface area contributed by atoms with E-state index in [2.05, 4.69) is 5.32 Å². The molecule has 0 aromatic carbocycles. The van der Waals surface area contributed by atoms with Crippen molar-refractivity contribution in [1.29, 1.82) is 0 Å². The summed E-state index contributed by atoms with van der Waals surface area (Å²) < 4.78 is 63.3. The summed E-state index contributed by atoms with van der Waals surface area (Å²) >= 11 is 0. The van der Waals surface area contributed by atoms with Gasteiger partial charge in [0.05, 0.1) is 0 Å². The Bertz CT molecular complexity index is 361. The molecule has 1 aliphatic carbocycles. The van der Waals surface area contributed by atoms with Gasteiger partial charge in [-0.1, -0.05) is 0 Å². The number of hydrogen-bond acceptors (Lipinski definition) is 2. The van der Waals surface area contributed by atoms with Crippen LogP contribution in [0.5, 0.6) is 0 Å². The summed E-state index contributed by atoms with van der Waals surface area (Å²) in [5.74, 6) is -7.45. The van der Waals surface area contributed by atoms with Gasteiger partial charge in [-0.05, 0) is 44.7 Å². The second kappa shape index (κ2) is 5.46. The second-order valence-electron chi connectivity index (χ2n) is 5.47. The smallest absolute Gasteiger partial charge is 0.334 e. The van der Waals surface area contributed by atoms with Crippen LogP contribution in [-0.4, -0.2) is 48.6 Å². The fourth-order valence-electron chi connectivity index (χ4n) is 2.44. The monoisotopic (exact) mass is 300 g/mol. The van der Waals surface area contributed by atoms with E-state index in [-0.39, 0.29) is 12.5 Å². The van der Waals surface area contributed by atoms with E-state index in [4.69, 9.17) is 0 Å². The third-order valence-electron chi connectivity index (χ3n) is 3.73. The summed E-state index contributed by atoms with van der Waals surface area (Å²) in [5.41, 5.74) is 0. The number of hydrogen-bond donors (Lipinski definition) is 1. The van der Waals surface area contributed by atoms with Gasteiger partial charge in [-0.2, -0.15) is 22.0 Å². The highest BCUT2D eigenvalue weighted by atomic mass is 19.4. The largest absolute Gasteiger partial charge is 0.463 e. The van der Waals surface area contributed by atoms with Gasteiger partial charge < -0.3 is 10.2 Å². The van der Waals surface area contributed by atoms with Gasteiger partial charge in [-0.3, -0.25) is 4.79 Å². The molecular weight excluding hydrogens is 283 g/mol. The van der Waals surface area contributed by atoms with Crippen LogP contribution in [0.3, 0.4) is 0 Å². The van der Waals surface area contributed by atoms with Gasteiger partial charge in [0.1, 0.15) is 0 Å². The van der Waals surface area contributed by atoms with E-state index in [0.29, 0.717) is 19.4 Å². The van der Waals surface area contributed by atoms with E-state index in [0.717, 1.165) is 24.3 Å². The van der Waals surface area contributed by atoms with E-state index >= 15 is 0 Å². The number of nitrogens with one attached hydrogen (secondary N) is 1. The molecule has 0 spiro atoms. The molecule has 20 heavy (non-hydrogen) atoms. The highest BCUT2D eigenvalue weighted by Crippen LogP contribution is 2.40. The maximum atomic E-state index is 13.2. The van der Waals surface area contributed by atoms with Crippen LogP contribution in [0.15, 0.2) is 0 Å². The van der Waals surface area contributed by atoms with Crippen molar-refractivity contribution >= 4 is 5.91 Å². The molecule has 0 bridgehead atoms. The highest BCUT2D eigenvalue weighted by molar-refractivity contribution is 5.85. The second-order valence-corrected chi connectivity index (χ2v) is 5.47. The number of piperidine rings is 1. The number of alkyl halides is 5. The summed E-state index contributed by atoms with van der Waals surface area (Å²) in [6.07, 6.45) is -3.25. The number of nitrogens with zero attached hydrogens (tertiary/aromatic N) is 1.